The third-order valence-corrected chi connectivity index (χ3v) is 4.06. The summed E-state index contributed by atoms with van der Waals surface area (Å²) in [5, 5.41) is 3.76. The quantitative estimate of drug-likeness (QED) is 0.776. The van der Waals surface area contributed by atoms with Crippen LogP contribution in [0.3, 0.4) is 0 Å². The maximum Gasteiger partial charge on any atom is 0.254 e. The van der Waals surface area contributed by atoms with E-state index >= 15 is 0 Å². The van der Waals surface area contributed by atoms with Crippen LogP contribution in [0.2, 0.25) is 0 Å². The van der Waals surface area contributed by atoms with Crippen molar-refractivity contribution in [1.82, 2.24) is 9.80 Å². The Morgan fingerprint density at radius 3 is 2.39 bits per heavy atom. The molecular formula is C12H15BrN2O2S. The SMILES string of the molecule is CC(Br)C(=O)N1CCN(C(=O)c2ccsc2)CC1. The second kappa shape index (κ2) is 5.84. The molecule has 0 aliphatic carbocycles. The van der Waals surface area contributed by atoms with Crippen LogP contribution in [0.25, 0.3) is 0 Å². The van der Waals surface area contributed by atoms with E-state index in [4.69, 9.17) is 0 Å². The number of hydrogen-bond acceptors (Lipinski definition) is 3. The van der Waals surface area contributed by atoms with E-state index in [0.717, 1.165) is 5.56 Å². The Morgan fingerprint density at radius 1 is 1.28 bits per heavy atom. The third-order valence-electron chi connectivity index (χ3n) is 2.99. The summed E-state index contributed by atoms with van der Waals surface area (Å²) in [6, 6.07) is 1.84. The lowest BCUT2D eigenvalue weighted by Gasteiger charge is -2.35. The lowest BCUT2D eigenvalue weighted by molar-refractivity contribution is -0.131. The zero-order chi connectivity index (χ0) is 13.1. The molecule has 2 heterocycles. The lowest BCUT2D eigenvalue weighted by atomic mass is 10.2. The molecule has 1 atom stereocenters. The maximum atomic E-state index is 12.1. The minimum atomic E-state index is -0.156. The molecule has 18 heavy (non-hydrogen) atoms. The van der Waals surface area contributed by atoms with E-state index < -0.39 is 0 Å². The van der Waals surface area contributed by atoms with Gasteiger partial charge in [0, 0.05) is 31.6 Å². The monoisotopic (exact) mass is 330 g/mol. The molecule has 1 aliphatic rings. The van der Waals surface area contributed by atoms with E-state index in [9.17, 15) is 9.59 Å². The van der Waals surface area contributed by atoms with E-state index in [1.807, 2.05) is 28.7 Å². The van der Waals surface area contributed by atoms with Gasteiger partial charge in [-0.15, -0.1) is 0 Å². The first-order valence-electron chi connectivity index (χ1n) is 5.84. The summed E-state index contributed by atoms with van der Waals surface area (Å²) in [7, 11) is 0. The van der Waals surface area contributed by atoms with Crippen LogP contribution >= 0.6 is 27.3 Å². The van der Waals surface area contributed by atoms with Gasteiger partial charge in [-0.05, 0) is 18.4 Å². The lowest BCUT2D eigenvalue weighted by Crippen LogP contribution is -2.51. The predicted octanol–water partition coefficient (Wildman–Crippen LogP) is 1.82. The number of amides is 2. The topological polar surface area (TPSA) is 40.6 Å². The van der Waals surface area contributed by atoms with Crippen LogP contribution in [0, 0.1) is 0 Å². The van der Waals surface area contributed by atoms with Crippen LogP contribution in [0.15, 0.2) is 16.8 Å². The highest BCUT2D eigenvalue weighted by molar-refractivity contribution is 9.10. The van der Waals surface area contributed by atoms with Crippen molar-refractivity contribution in [3.8, 4) is 0 Å². The minimum Gasteiger partial charge on any atom is -0.338 e. The zero-order valence-corrected chi connectivity index (χ0v) is 12.5. The number of alkyl halides is 1. The number of hydrogen-bond donors (Lipinski definition) is 0. The fraction of sp³-hybridized carbons (Fsp3) is 0.500. The first kappa shape index (κ1) is 13.5. The van der Waals surface area contributed by atoms with Gasteiger partial charge in [0.25, 0.3) is 5.91 Å². The molecule has 0 aromatic carbocycles. The molecule has 1 aromatic heterocycles. The van der Waals surface area contributed by atoms with E-state index in [1.54, 1.807) is 4.90 Å². The summed E-state index contributed by atoms with van der Waals surface area (Å²) in [4.78, 5) is 27.3. The number of carbonyl (C=O) groups is 2. The Balaban J connectivity index is 1.91. The highest BCUT2D eigenvalue weighted by atomic mass is 79.9. The smallest absolute Gasteiger partial charge is 0.254 e. The highest BCUT2D eigenvalue weighted by Crippen LogP contribution is 2.13. The first-order valence-corrected chi connectivity index (χ1v) is 7.70. The standard InChI is InChI=1S/C12H15BrN2O2S/c1-9(13)11(16)14-3-5-15(6-4-14)12(17)10-2-7-18-8-10/h2,7-9H,3-6H2,1H3. The van der Waals surface area contributed by atoms with Gasteiger partial charge in [0.05, 0.1) is 10.4 Å². The van der Waals surface area contributed by atoms with Crippen LogP contribution in [-0.2, 0) is 4.79 Å². The van der Waals surface area contributed by atoms with Gasteiger partial charge in [-0.25, -0.2) is 0 Å². The second-order valence-electron chi connectivity index (χ2n) is 4.25. The Labute approximate surface area is 119 Å². The molecule has 0 bridgehead atoms. The molecule has 98 valence electrons. The van der Waals surface area contributed by atoms with Gasteiger partial charge < -0.3 is 9.80 Å². The third kappa shape index (κ3) is 2.92. The molecule has 6 heteroatoms. The Bertz CT molecular complexity index is 425. The molecule has 4 nitrogen and oxygen atoms in total. The summed E-state index contributed by atoms with van der Waals surface area (Å²) in [5.41, 5.74) is 0.744. The molecule has 1 aliphatic heterocycles. The largest absolute Gasteiger partial charge is 0.338 e. The van der Waals surface area contributed by atoms with Crippen LogP contribution < -0.4 is 0 Å². The van der Waals surface area contributed by atoms with Gasteiger partial charge in [-0.2, -0.15) is 11.3 Å². The summed E-state index contributed by atoms with van der Waals surface area (Å²) < 4.78 is 0. The number of rotatable bonds is 2. The van der Waals surface area contributed by atoms with Crippen molar-refractivity contribution < 1.29 is 9.59 Å². The molecule has 0 radical (unpaired) electrons. The molecule has 1 fully saturated rings. The van der Waals surface area contributed by atoms with Gasteiger partial charge in [0.1, 0.15) is 0 Å². The maximum absolute atomic E-state index is 12.1. The van der Waals surface area contributed by atoms with E-state index in [0.29, 0.717) is 26.2 Å². The van der Waals surface area contributed by atoms with Gasteiger partial charge >= 0.3 is 0 Å². The highest BCUT2D eigenvalue weighted by Gasteiger charge is 2.26. The fourth-order valence-electron chi connectivity index (χ4n) is 1.95. The predicted molar refractivity (Wildman–Crippen MR) is 75.2 cm³/mol. The summed E-state index contributed by atoms with van der Waals surface area (Å²) in [6.45, 7) is 4.28. The summed E-state index contributed by atoms with van der Waals surface area (Å²) >= 11 is 4.80. The molecule has 1 unspecified atom stereocenters. The van der Waals surface area contributed by atoms with Gasteiger partial charge in [-0.1, -0.05) is 15.9 Å². The van der Waals surface area contributed by atoms with Crippen molar-refractivity contribution in [3.05, 3.63) is 22.4 Å². The molecule has 1 saturated heterocycles. The number of piperazine rings is 1. The van der Waals surface area contributed by atoms with Crippen molar-refractivity contribution >= 4 is 39.1 Å². The zero-order valence-electron chi connectivity index (χ0n) is 10.1. The Morgan fingerprint density at radius 2 is 1.89 bits per heavy atom. The fourth-order valence-corrected chi connectivity index (χ4v) is 2.87. The van der Waals surface area contributed by atoms with Crippen molar-refractivity contribution in [3.63, 3.8) is 0 Å². The van der Waals surface area contributed by atoms with Crippen molar-refractivity contribution in [2.75, 3.05) is 26.2 Å². The van der Waals surface area contributed by atoms with E-state index in [1.165, 1.54) is 11.3 Å². The summed E-state index contributed by atoms with van der Waals surface area (Å²) in [6.07, 6.45) is 0. The molecule has 0 spiro atoms. The molecular weight excluding hydrogens is 316 g/mol. The number of carbonyl (C=O) groups excluding carboxylic acids is 2. The molecule has 1 aromatic rings. The van der Waals surface area contributed by atoms with Crippen molar-refractivity contribution in [2.45, 2.75) is 11.8 Å². The minimum absolute atomic E-state index is 0.0650. The average molecular weight is 331 g/mol. The van der Waals surface area contributed by atoms with Crippen molar-refractivity contribution in [1.29, 1.82) is 0 Å². The van der Waals surface area contributed by atoms with Crippen molar-refractivity contribution in [2.24, 2.45) is 0 Å². The molecule has 0 N–H and O–H groups in total. The van der Waals surface area contributed by atoms with Gasteiger partial charge in [0.15, 0.2) is 0 Å². The van der Waals surface area contributed by atoms with E-state index in [2.05, 4.69) is 15.9 Å². The second-order valence-corrected chi connectivity index (χ2v) is 6.40. The number of nitrogens with zero attached hydrogens (tertiary/aromatic N) is 2. The molecule has 0 saturated carbocycles. The number of thiophene rings is 1. The van der Waals surface area contributed by atoms with Gasteiger partial charge in [-0.3, -0.25) is 9.59 Å². The Kier molecular flexibility index (Phi) is 4.40. The average Bonchev–Trinajstić information content (AvgIpc) is 2.91. The van der Waals surface area contributed by atoms with Crippen LogP contribution in [0.4, 0.5) is 0 Å². The van der Waals surface area contributed by atoms with E-state index in [-0.39, 0.29) is 16.6 Å². The van der Waals surface area contributed by atoms with Crippen LogP contribution in [0.1, 0.15) is 17.3 Å². The summed E-state index contributed by atoms with van der Waals surface area (Å²) in [5.74, 6) is 0.160. The van der Waals surface area contributed by atoms with Crippen LogP contribution in [0.5, 0.6) is 0 Å². The number of halogens is 1. The van der Waals surface area contributed by atoms with Crippen LogP contribution in [-0.4, -0.2) is 52.6 Å². The molecule has 2 rings (SSSR count). The normalized spacial score (nSPS) is 17.7. The Hall–Kier alpha value is -0.880. The molecule has 2 amide bonds. The first-order chi connectivity index (χ1) is 8.59. The van der Waals surface area contributed by atoms with Gasteiger partial charge in [0.2, 0.25) is 5.91 Å².